The smallest absolute Gasteiger partial charge is 0.159 e. The number of benzene rings is 1. The molecule has 1 aliphatic carbocycles. The SMILES string of the molecule is FCC/C=C/[C@H]1CC[C@H](CCc2ccc(F)c(F)c2)CC1. The summed E-state index contributed by atoms with van der Waals surface area (Å²) in [5.41, 5.74) is 0.874. The third kappa shape index (κ3) is 5.22. The number of aryl methyl sites for hydroxylation is 1. The Kier molecular flexibility index (Phi) is 6.34. The largest absolute Gasteiger partial charge is 0.251 e. The van der Waals surface area contributed by atoms with E-state index in [1.165, 1.54) is 25.0 Å². The fourth-order valence-electron chi connectivity index (χ4n) is 3.09. The molecule has 0 atom stereocenters. The summed E-state index contributed by atoms with van der Waals surface area (Å²) < 4.78 is 38.0. The van der Waals surface area contributed by atoms with Gasteiger partial charge in [-0.3, -0.25) is 4.39 Å². The maximum Gasteiger partial charge on any atom is 0.159 e. The third-order valence-corrected chi connectivity index (χ3v) is 4.40. The van der Waals surface area contributed by atoms with Crippen molar-refractivity contribution in [1.29, 1.82) is 0 Å². The highest BCUT2D eigenvalue weighted by Gasteiger charge is 2.19. The lowest BCUT2D eigenvalue weighted by atomic mass is 9.79. The van der Waals surface area contributed by atoms with E-state index in [1.54, 1.807) is 6.07 Å². The van der Waals surface area contributed by atoms with Gasteiger partial charge in [-0.25, -0.2) is 8.78 Å². The minimum absolute atomic E-state index is 0.278. The molecule has 0 heterocycles. The van der Waals surface area contributed by atoms with Gasteiger partial charge >= 0.3 is 0 Å². The highest BCUT2D eigenvalue weighted by molar-refractivity contribution is 5.17. The molecule has 2 rings (SSSR count). The predicted molar refractivity (Wildman–Crippen MR) is 79.9 cm³/mol. The first kappa shape index (κ1) is 16.1. The van der Waals surface area contributed by atoms with Gasteiger partial charge in [0.2, 0.25) is 0 Å². The maximum absolute atomic E-state index is 13.1. The monoisotopic (exact) mass is 296 g/mol. The van der Waals surface area contributed by atoms with Gasteiger partial charge in [0.05, 0.1) is 6.67 Å². The molecular formula is C18H23F3. The van der Waals surface area contributed by atoms with Crippen molar-refractivity contribution in [3.8, 4) is 0 Å². The average Bonchev–Trinajstić information content (AvgIpc) is 2.50. The summed E-state index contributed by atoms with van der Waals surface area (Å²) in [6.07, 6.45) is 11.1. The maximum atomic E-state index is 13.1. The van der Waals surface area contributed by atoms with Gasteiger partial charge in [0, 0.05) is 0 Å². The zero-order valence-corrected chi connectivity index (χ0v) is 12.3. The summed E-state index contributed by atoms with van der Waals surface area (Å²) in [5.74, 6) is -0.270. The molecule has 0 bridgehead atoms. The molecule has 0 unspecified atom stereocenters. The Balaban J connectivity index is 1.72. The van der Waals surface area contributed by atoms with Crippen molar-refractivity contribution >= 4 is 0 Å². The summed E-state index contributed by atoms with van der Waals surface area (Å²) in [5, 5.41) is 0. The Morgan fingerprint density at radius 3 is 2.48 bits per heavy atom. The molecule has 0 spiro atoms. The predicted octanol–water partition coefficient (Wildman–Crippen LogP) is 5.62. The van der Waals surface area contributed by atoms with Gasteiger partial charge in [-0.1, -0.05) is 18.2 Å². The van der Waals surface area contributed by atoms with E-state index in [9.17, 15) is 13.2 Å². The Morgan fingerprint density at radius 1 is 1.05 bits per heavy atom. The summed E-state index contributed by atoms with van der Waals surface area (Å²) in [6, 6.07) is 4.18. The van der Waals surface area contributed by atoms with Gasteiger partial charge in [0.25, 0.3) is 0 Å². The normalized spacial score (nSPS) is 22.8. The standard InChI is InChI=1S/C18H23F3/c19-12-2-1-3-14-4-6-15(7-5-14)8-9-16-10-11-17(20)18(21)13-16/h1,3,10-11,13-15H,2,4-9,12H2/b3-1+/t14-,15-. The average molecular weight is 296 g/mol. The molecule has 21 heavy (non-hydrogen) atoms. The molecular weight excluding hydrogens is 273 g/mol. The van der Waals surface area contributed by atoms with Gasteiger partial charge < -0.3 is 0 Å². The van der Waals surface area contributed by atoms with Crippen LogP contribution in [-0.2, 0) is 6.42 Å². The molecule has 0 saturated heterocycles. The van der Waals surface area contributed by atoms with Crippen molar-refractivity contribution in [1.82, 2.24) is 0 Å². The van der Waals surface area contributed by atoms with Crippen molar-refractivity contribution < 1.29 is 13.2 Å². The van der Waals surface area contributed by atoms with E-state index in [-0.39, 0.29) is 6.67 Å². The molecule has 0 nitrogen and oxygen atoms in total. The lowest BCUT2D eigenvalue weighted by molar-refractivity contribution is 0.295. The second kappa shape index (κ2) is 8.26. The molecule has 0 aromatic heterocycles. The van der Waals surface area contributed by atoms with Gasteiger partial charge in [-0.05, 0) is 74.5 Å². The zero-order valence-electron chi connectivity index (χ0n) is 12.3. The highest BCUT2D eigenvalue weighted by atomic mass is 19.2. The first-order valence-corrected chi connectivity index (χ1v) is 7.85. The minimum atomic E-state index is -0.778. The molecule has 1 aromatic carbocycles. The van der Waals surface area contributed by atoms with E-state index in [0.717, 1.165) is 31.2 Å². The summed E-state index contributed by atoms with van der Waals surface area (Å²) in [4.78, 5) is 0. The molecule has 3 heteroatoms. The van der Waals surface area contributed by atoms with E-state index in [1.807, 2.05) is 6.08 Å². The van der Waals surface area contributed by atoms with Crippen LogP contribution in [0.5, 0.6) is 0 Å². The molecule has 116 valence electrons. The molecule has 1 aliphatic rings. The Bertz CT molecular complexity index is 460. The quantitative estimate of drug-likeness (QED) is 0.598. The minimum Gasteiger partial charge on any atom is -0.251 e. The van der Waals surface area contributed by atoms with E-state index < -0.39 is 11.6 Å². The van der Waals surface area contributed by atoms with E-state index >= 15 is 0 Å². The topological polar surface area (TPSA) is 0 Å². The van der Waals surface area contributed by atoms with E-state index in [0.29, 0.717) is 18.3 Å². The van der Waals surface area contributed by atoms with Crippen molar-refractivity contribution in [2.45, 2.75) is 44.9 Å². The molecule has 1 fully saturated rings. The van der Waals surface area contributed by atoms with Gasteiger partial charge in [-0.15, -0.1) is 0 Å². The molecule has 0 radical (unpaired) electrons. The van der Waals surface area contributed by atoms with Crippen LogP contribution in [-0.4, -0.2) is 6.67 Å². The Labute approximate surface area is 125 Å². The van der Waals surface area contributed by atoms with Crippen LogP contribution in [0.4, 0.5) is 13.2 Å². The van der Waals surface area contributed by atoms with Crippen LogP contribution in [0.1, 0.15) is 44.1 Å². The van der Waals surface area contributed by atoms with Crippen LogP contribution >= 0.6 is 0 Å². The van der Waals surface area contributed by atoms with E-state index in [4.69, 9.17) is 0 Å². The van der Waals surface area contributed by atoms with Gasteiger partial charge in [-0.2, -0.15) is 0 Å². The van der Waals surface area contributed by atoms with Crippen LogP contribution in [0.3, 0.4) is 0 Å². The fourth-order valence-corrected chi connectivity index (χ4v) is 3.09. The first-order valence-electron chi connectivity index (χ1n) is 7.85. The Hall–Kier alpha value is -1.25. The highest BCUT2D eigenvalue weighted by Crippen LogP contribution is 2.32. The molecule has 0 amide bonds. The van der Waals surface area contributed by atoms with Crippen LogP contribution in [0.15, 0.2) is 30.4 Å². The second-order valence-electron chi connectivity index (χ2n) is 5.97. The van der Waals surface area contributed by atoms with Gasteiger partial charge in [0.15, 0.2) is 11.6 Å². The second-order valence-corrected chi connectivity index (χ2v) is 5.97. The summed E-state index contributed by atoms with van der Waals surface area (Å²) >= 11 is 0. The van der Waals surface area contributed by atoms with Crippen LogP contribution in [0, 0.1) is 23.5 Å². The van der Waals surface area contributed by atoms with Gasteiger partial charge in [0.1, 0.15) is 0 Å². The molecule has 1 saturated carbocycles. The summed E-state index contributed by atoms with van der Waals surface area (Å²) in [7, 11) is 0. The Morgan fingerprint density at radius 2 is 1.81 bits per heavy atom. The number of hydrogen-bond donors (Lipinski definition) is 0. The zero-order chi connectivity index (χ0) is 15.1. The van der Waals surface area contributed by atoms with Crippen molar-refractivity contribution in [2.24, 2.45) is 11.8 Å². The first-order chi connectivity index (χ1) is 10.2. The number of hydrogen-bond acceptors (Lipinski definition) is 0. The van der Waals surface area contributed by atoms with Crippen molar-refractivity contribution in [3.05, 3.63) is 47.5 Å². The number of halogens is 3. The van der Waals surface area contributed by atoms with Crippen molar-refractivity contribution in [3.63, 3.8) is 0 Å². The van der Waals surface area contributed by atoms with E-state index in [2.05, 4.69) is 6.08 Å². The molecule has 0 N–H and O–H groups in total. The lowest BCUT2D eigenvalue weighted by Crippen LogP contribution is -2.13. The van der Waals surface area contributed by atoms with Crippen LogP contribution in [0.2, 0.25) is 0 Å². The molecule has 1 aromatic rings. The number of alkyl halides is 1. The van der Waals surface area contributed by atoms with Crippen molar-refractivity contribution in [2.75, 3.05) is 6.67 Å². The number of rotatable bonds is 6. The number of allylic oxidation sites excluding steroid dienone is 2. The third-order valence-electron chi connectivity index (χ3n) is 4.40. The summed E-state index contributed by atoms with van der Waals surface area (Å²) in [6.45, 7) is -0.278. The van der Waals surface area contributed by atoms with Crippen LogP contribution in [0.25, 0.3) is 0 Å². The molecule has 0 aliphatic heterocycles. The lowest BCUT2D eigenvalue weighted by Gasteiger charge is -2.26. The fraction of sp³-hybridized carbons (Fsp3) is 0.556. The van der Waals surface area contributed by atoms with Crippen LogP contribution < -0.4 is 0 Å².